The van der Waals surface area contributed by atoms with Gasteiger partial charge in [0.2, 0.25) is 5.91 Å². The van der Waals surface area contributed by atoms with E-state index in [0.717, 1.165) is 53.4 Å². The van der Waals surface area contributed by atoms with Gasteiger partial charge in [-0.1, -0.05) is 25.3 Å². The number of nitrogens with two attached hydrogens (primary N) is 1. The maximum absolute atomic E-state index is 13.7. The van der Waals surface area contributed by atoms with Gasteiger partial charge < -0.3 is 19.7 Å². The van der Waals surface area contributed by atoms with E-state index in [-0.39, 0.29) is 18.0 Å². The summed E-state index contributed by atoms with van der Waals surface area (Å²) in [6, 6.07) is 11.3. The molecule has 11 nitrogen and oxygen atoms in total. The third-order valence-corrected chi connectivity index (χ3v) is 10.3. The Hall–Kier alpha value is -3.71. The predicted molar refractivity (Wildman–Crippen MR) is 169 cm³/mol. The lowest BCUT2D eigenvalue weighted by Crippen LogP contribution is -2.51. The van der Waals surface area contributed by atoms with Crippen LogP contribution in [-0.2, 0) is 21.5 Å². The van der Waals surface area contributed by atoms with Gasteiger partial charge >= 0.3 is 5.97 Å². The number of methoxy groups -OCH3 is 1. The van der Waals surface area contributed by atoms with Crippen molar-refractivity contribution >= 4 is 39.1 Å². The summed E-state index contributed by atoms with van der Waals surface area (Å²) in [5.74, 6) is -0.155. The number of piperazine rings is 1. The Morgan fingerprint density at radius 1 is 1.05 bits per heavy atom. The molecule has 3 aromatic rings. The van der Waals surface area contributed by atoms with Crippen LogP contribution in [0.4, 0.5) is 0 Å². The Balaban J connectivity index is 1.34. The molecule has 1 aromatic heterocycles. The standard InChI is InChI=1S/C32H39N5O6S/c1-43-25-8-10-26-23(18-25)17-24(31(38)34-11-12-35-13-15-36(16-14-35)44(33,41)42)20-37-28-19-22(32(39)40)7-9-27(28)29(30(26)37)21-5-3-2-4-6-21/h7-10,17-19,21H,2-6,11-16,20H2,1H3,(H,34,38)(H,39,40)(H2,33,41,42). The molecule has 12 heteroatoms. The zero-order valence-corrected chi connectivity index (χ0v) is 25.7. The summed E-state index contributed by atoms with van der Waals surface area (Å²) in [6.07, 6.45) is 7.59. The Morgan fingerprint density at radius 2 is 1.80 bits per heavy atom. The number of aromatic nitrogens is 1. The Kier molecular flexibility index (Phi) is 8.51. The number of benzene rings is 2. The number of ether oxygens (including phenoxy) is 1. The van der Waals surface area contributed by atoms with Gasteiger partial charge in [-0.25, -0.2) is 9.93 Å². The lowest BCUT2D eigenvalue weighted by atomic mass is 9.81. The van der Waals surface area contributed by atoms with Crippen LogP contribution in [0.15, 0.2) is 42.0 Å². The largest absolute Gasteiger partial charge is 0.497 e. The van der Waals surface area contributed by atoms with Crippen LogP contribution < -0.4 is 15.2 Å². The van der Waals surface area contributed by atoms with Crippen LogP contribution in [-0.4, -0.2) is 85.6 Å². The average molecular weight is 622 g/mol. The predicted octanol–water partition coefficient (Wildman–Crippen LogP) is 3.40. The molecule has 1 amide bonds. The van der Waals surface area contributed by atoms with Crippen LogP contribution in [0, 0.1) is 0 Å². The normalized spacial score (nSPS) is 18.3. The number of amides is 1. The van der Waals surface area contributed by atoms with Gasteiger partial charge in [-0.15, -0.1) is 0 Å². The number of hydrogen-bond acceptors (Lipinski definition) is 6. The molecular formula is C32H39N5O6S. The molecule has 3 heterocycles. The summed E-state index contributed by atoms with van der Waals surface area (Å²) < 4.78 is 32.2. The molecule has 0 spiro atoms. The molecule has 3 aliphatic rings. The van der Waals surface area contributed by atoms with Crippen molar-refractivity contribution in [3.8, 4) is 17.0 Å². The number of carboxylic acid groups (broad SMARTS) is 1. The molecule has 2 aromatic carbocycles. The van der Waals surface area contributed by atoms with Crippen molar-refractivity contribution in [3.63, 3.8) is 0 Å². The van der Waals surface area contributed by atoms with Crippen molar-refractivity contribution in [1.29, 1.82) is 0 Å². The van der Waals surface area contributed by atoms with Gasteiger partial charge in [0.05, 0.1) is 24.9 Å². The van der Waals surface area contributed by atoms with Gasteiger partial charge in [0, 0.05) is 61.3 Å². The molecule has 1 saturated heterocycles. The zero-order chi connectivity index (χ0) is 31.0. The molecule has 1 saturated carbocycles. The molecule has 1 aliphatic carbocycles. The van der Waals surface area contributed by atoms with Crippen molar-refractivity contribution in [3.05, 3.63) is 58.7 Å². The van der Waals surface area contributed by atoms with Gasteiger partial charge in [-0.3, -0.25) is 9.69 Å². The van der Waals surface area contributed by atoms with Gasteiger partial charge in [-0.2, -0.15) is 12.7 Å². The fourth-order valence-corrected chi connectivity index (χ4v) is 7.63. The smallest absolute Gasteiger partial charge is 0.335 e. The highest BCUT2D eigenvalue weighted by Crippen LogP contribution is 2.47. The summed E-state index contributed by atoms with van der Waals surface area (Å²) in [7, 11) is -2.08. The lowest BCUT2D eigenvalue weighted by molar-refractivity contribution is -0.117. The summed E-state index contributed by atoms with van der Waals surface area (Å²) in [4.78, 5) is 27.8. The number of nitrogens with one attached hydrogen (secondary N) is 1. The van der Waals surface area contributed by atoms with Crippen LogP contribution in [0.25, 0.3) is 28.2 Å². The van der Waals surface area contributed by atoms with Crippen LogP contribution in [0.1, 0.15) is 59.5 Å². The molecule has 0 unspecified atom stereocenters. The number of rotatable bonds is 8. The van der Waals surface area contributed by atoms with Crippen LogP contribution >= 0.6 is 0 Å². The number of nitrogens with zero attached hydrogens (tertiary/aromatic N) is 3. The third kappa shape index (κ3) is 5.99. The summed E-state index contributed by atoms with van der Waals surface area (Å²) in [5.41, 5.74) is 5.74. The van der Waals surface area contributed by atoms with E-state index in [1.54, 1.807) is 19.2 Å². The minimum Gasteiger partial charge on any atom is -0.497 e. The fraction of sp³-hybridized carbons (Fsp3) is 0.438. The summed E-state index contributed by atoms with van der Waals surface area (Å²) in [6.45, 7) is 2.98. The molecule has 4 N–H and O–H groups in total. The first kappa shape index (κ1) is 30.3. The molecule has 0 atom stereocenters. The monoisotopic (exact) mass is 621 g/mol. The van der Waals surface area contributed by atoms with Gasteiger partial charge in [-0.05, 0) is 66.3 Å². The second-order valence-electron chi connectivity index (χ2n) is 11.9. The highest BCUT2D eigenvalue weighted by molar-refractivity contribution is 7.86. The minimum absolute atomic E-state index is 0.203. The Labute approximate surface area is 257 Å². The minimum atomic E-state index is -3.70. The number of carboxylic acids is 1. The van der Waals surface area contributed by atoms with E-state index in [1.165, 1.54) is 16.3 Å². The summed E-state index contributed by atoms with van der Waals surface area (Å²) in [5, 5.41) is 19.2. The topological polar surface area (TPSA) is 147 Å². The van der Waals surface area contributed by atoms with Gasteiger partial charge in [0.15, 0.2) is 0 Å². The molecule has 44 heavy (non-hydrogen) atoms. The highest BCUT2D eigenvalue weighted by atomic mass is 32.2. The van der Waals surface area contributed by atoms with E-state index in [1.807, 2.05) is 30.3 Å². The Morgan fingerprint density at radius 3 is 2.48 bits per heavy atom. The molecule has 0 radical (unpaired) electrons. The fourth-order valence-electron chi connectivity index (χ4n) is 6.96. The molecular weight excluding hydrogens is 582 g/mol. The van der Waals surface area contributed by atoms with E-state index in [9.17, 15) is 23.1 Å². The van der Waals surface area contributed by atoms with E-state index in [4.69, 9.17) is 9.88 Å². The van der Waals surface area contributed by atoms with Crippen LogP contribution in [0.5, 0.6) is 5.75 Å². The number of carbonyl (C=O) groups excluding carboxylic acids is 1. The van der Waals surface area contributed by atoms with Crippen molar-refractivity contribution in [1.82, 2.24) is 19.1 Å². The van der Waals surface area contributed by atoms with Gasteiger partial charge in [0.1, 0.15) is 5.75 Å². The van der Waals surface area contributed by atoms with Crippen molar-refractivity contribution in [2.45, 2.75) is 44.6 Å². The molecule has 6 rings (SSSR count). The average Bonchev–Trinajstić information content (AvgIpc) is 3.23. The number of carbonyl (C=O) groups is 2. The van der Waals surface area contributed by atoms with Gasteiger partial charge in [0.25, 0.3) is 10.2 Å². The lowest BCUT2D eigenvalue weighted by Gasteiger charge is -2.32. The molecule has 2 fully saturated rings. The van der Waals surface area contributed by atoms with Crippen LogP contribution in [0.3, 0.4) is 0 Å². The van der Waals surface area contributed by atoms with Crippen molar-refractivity contribution < 1.29 is 27.9 Å². The Bertz CT molecular complexity index is 1730. The summed E-state index contributed by atoms with van der Waals surface area (Å²) >= 11 is 0. The number of fused-ring (bicyclic) bond motifs is 5. The molecule has 2 aliphatic heterocycles. The zero-order valence-electron chi connectivity index (χ0n) is 24.9. The number of aromatic carboxylic acids is 1. The van der Waals surface area contributed by atoms with E-state index in [0.29, 0.717) is 56.5 Å². The van der Waals surface area contributed by atoms with Crippen LogP contribution in [0.2, 0.25) is 0 Å². The third-order valence-electron chi connectivity index (χ3n) is 9.23. The van der Waals surface area contributed by atoms with E-state index >= 15 is 0 Å². The highest BCUT2D eigenvalue weighted by Gasteiger charge is 2.31. The first-order chi connectivity index (χ1) is 21.1. The maximum Gasteiger partial charge on any atom is 0.335 e. The quantitative estimate of drug-likeness (QED) is 0.349. The van der Waals surface area contributed by atoms with Crippen molar-refractivity contribution in [2.24, 2.45) is 5.14 Å². The SMILES string of the molecule is COc1ccc2c(c1)C=C(C(=O)NCCN1CCN(S(N)(=O)=O)CC1)Cn1c-2c(C2CCCCC2)c2ccc(C(=O)O)cc21. The second-order valence-corrected chi connectivity index (χ2v) is 13.4. The maximum atomic E-state index is 13.7. The number of hydrogen-bond donors (Lipinski definition) is 3. The first-order valence-corrected chi connectivity index (χ1v) is 16.7. The van der Waals surface area contributed by atoms with E-state index in [2.05, 4.69) is 14.8 Å². The van der Waals surface area contributed by atoms with E-state index < -0.39 is 16.2 Å². The molecule has 234 valence electrons. The second kappa shape index (κ2) is 12.4. The first-order valence-electron chi connectivity index (χ1n) is 15.2. The molecule has 0 bridgehead atoms. The van der Waals surface area contributed by atoms with Crippen molar-refractivity contribution in [2.75, 3.05) is 46.4 Å².